The van der Waals surface area contributed by atoms with Crippen LogP contribution in [0.25, 0.3) is 22.0 Å². The zero-order valence-electron chi connectivity index (χ0n) is 30.2. The Kier molecular flexibility index (Phi) is 10.9. The molecule has 0 bridgehead atoms. The van der Waals surface area contributed by atoms with E-state index in [1.807, 2.05) is 6.92 Å². The molecule has 2 atom stereocenters. The van der Waals surface area contributed by atoms with Gasteiger partial charge >= 0.3 is 5.97 Å². The standard InChI is InChI=1S/C36H39F2N8O7PS/c1-4-50-24-7-5-23(6-8-24)46-17-28(32(44-46)31-27(37)13-14-30(38)43-31)41-33(47)29-18-55-34(42-29)22-15-40-45(16-22)20-51-25-9-11-26(12-10-25)53-54(49)19-36(54,39)35(48)52-21(2)3/h9-18,21,23-24H,4-8,19-20,39H2,1-3H3,(H,41,47)/t23?,24?,36-,54?/m1/s1. The number of pyridine rings is 1. The Morgan fingerprint density at radius 2 is 1.80 bits per heavy atom. The van der Waals surface area contributed by atoms with Crippen molar-refractivity contribution in [3.63, 3.8) is 0 Å². The number of aromatic nitrogens is 6. The number of nitrogens with two attached hydrogens (primary N) is 1. The zero-order valence-corrected chi connectivity index (χ0v) is 31.9. The summed E-state index contributed by atoms with van der Waals surface area (Å²) < 4.78 is 67.6. The molecule has 7 rings (SSSR count). The molecule has 0 radical (unpaired) electrons. The van der Waals surface area contributed by atoms with E-state index >= 15 is 0 Å². The lowest BCUT2D eigenvalue weighted by atomic mass is 9.93. The van der Waals surface area contributed by atoms with Crippen LogP contribution in [0, 0.1) is 11.8 Å². The van der Waals surface area contributed by atoms with Gasteiger partial charge in [0.25, 0.3) is 13.3 Å². The highest BCUT2D eigenvalue weighted by Gasteiger charge is 2.72. The number of anilines is 1. The van der Waals surface area contributed by atoms with Crippen LogP contribution in [0.4, 0.5) is 14.5 Å². The Labute approximate surface area is 318 Å². The molecule has 19 heteroatoms. The van der Waals surface area contributed by atoms with E-state index in [0.717, 1.165) is 37.8 Å². The first-order valence-electron chi connectivity index (χ1n) is 17.7. The van der Waals surface area contributed by atoms with Gasteiger partial charge in [-0.3, -0.25) is 14.0 Å². The van der Waals surface area contributed by atoms with Crippen molar-refractivity contribution in [3.05, 3.63) is 77.8 Å². The summed E-state index contributed by atoms with van der Waals surface area (Å²) in [6.45, 7) is 5.99. The summed E-state index contributed by atoms with van der Waals surface area (Å²) >= 11 is 1.23. The van der Waals surface area contributed by atoms with Crippen LogP contribution in [-0.4, -0.2) is 71.7 Å². The molecule has 2 fully saturated rings. The van der Waals surface area contributed by atoms with Crippen molar-refractivity contribution in [2.45, 2.75) is 76.7 Å². The van der Waals surface area contributed by atoms with Gasteiger partial charge in [0.2, 0.25) is 11.2 Å². The fourth-order valence-electron chi connectivity index (χ4n) is 6.21. The van der Waals surface area contributed by atoms with Crippen LogP contribution < -0.4 is 20.3 Å². The van der Waals surface area contributed by atoms with Crippen LogP contribution >= 0.6 is 18.7 Å². The molecule has 5 aromatic rings. The quantitative estimate of drug-likeness (QED) is 0.0695. The maximum Gasteiger partial charge on any atom is 0.338 e. The first-order valence-corrected chi connectivity index (χ1v) is 20.4. The molecule has 15 nitrogen and oxygen atoms in total. The van der Waals surface area contributed by atoms with E-state index in [9.17, 15) is 22.9 Å². The largest absolute Gasteiger partial charge is 0.471 e. The van der Waals surface area contributed by atoms with Gasteiger partial charge in [0, 0.05) is 29.9 Å². The average Bonchev–Trinajstić information content (AvgIpc) is 3.72. The van der Waals surface area contributed by atoms with Crippen LogP contribution in [0.2, 0.25) is 0 Å². The van der Waals surface area contributed by atoms with E-state index in [2.05, 4.69) is 25.5 Å². The minimum atomic E-state index is -3.44. The van der Waals surface area contributed by atoms with E-state index in [1.165, 1.54) is 16.0 Å². The molecule has 5 heterocycles. The summed E-state index contributed by atoms with van der Waals surface area (Å²) in [6, 6.07) is 8.23. The lowest BCUT2D eigenvalue weighted by molar-refractivity contribution is -0.148. The number of carbonyl (C=O) groups excluding carboxylic acids is 2. The minimum absolute atomic E-state index is 0.0103. The predicted octanol–water partition coefficient (Wildman–Crippen LogP) is 6.63. The van der Waals surface area contributed by atoms with Crippen LogP contribution in [0.1, 0.15) is 63.0 Å². The second-order valence-corrected chi connectivity index (χ2v) is 17.0. The summed E-state index contributed by atoms with van der Waals surface area (Å²) in [7, 11) is -3.44. The van der Waals surface area contributed by atoms with Crippen LogP contribution in [-0.2, 0) is 25.6 Å². The fraction of sp³-hybridized carbons (Fsp3) is 0.389. The minimum Gasteiger partial charge on any atom is -0.471 e. The number of esters is 1. The number of nitrogens with one attached hydrogen (secondary N) is 1. The van der Waals surface area contributed by atoms with Crippen molar-refractivity contribution in [2.75, 3.05) is 18.1 Å². The molecule has 55 heavy (non-hydrogen) atoms. The highest BCUT2D eigenvalue weighted by Crippen LogP contribution is 2.73. The van der Waals surface area contributed by atoms with Gasteiger partial charge in [-0.25, -0.2) is 23.8 Å². The second kappa shape index (κ2) is 15.6. The summed E-state index contributed by atoms with van der Waals surface area (Å²) in [5.41, 5.74) is 6.63. The molecule has 1 aliphatic heterocycles. The van der Waals surface area contributed by atoms with E-state index in [0.29, 0.717) is 22.9 Å². The molecule has 4 aromatic heterocycles. The maximum atomic E-state index is 14.9. The highest BCUT2D eigenvalue weighted by molar-refractivity contribution is 7.70. The number of hydrogen-bond acceptors (Lipinski definition) is 13. The van der Waals surface area contributed by atoms with Crippen LogP contribution in [0.15, 0.2) is 60.4 Å². The van der Waals surface area contributed by atoms with Gasteiger partial charge in [0.05, 0.1) is 36.3 Å². The third-order valence-electron chi connectivity index (χ3n) is 9.14. The van der Waals surface area contributed by atoms with Crippen molar-refractivity contribution in [1.29, 1.82) is 0 Å². The van der Waals surface area contributed by atoms with Crippen LogP contribution in [0.5, 0.6) is 11.5 Å². The Balaban J connectivity index is 0.979. The molecule has 1 aliphatic carbocycles. The molecule has 290 valence electrons. The van der Waals surface area contributed by atoms with Gasteiger partial charge in [-0.2, -0.15) is 14.6 Å². The summed E-state index contributed by atoms with van der Waals surface area (Å²) in [5, 5.41) is 12.1. The predicted molar refractivity (Wildman–Crippen MR) is 198 cm³/mol. The fourth-order valence-corrected chi connectivity index (χ4v) is 9.04. The molecule has 1 saturated heterocycles. The van der Waals surface area contributed by atoms with Gasteiger partial charge in [0.1, 0.15) is 33.6 Å². The topological polar surface area (TPSA) is 188 Å². The number of carbonyl (C=O) groups is 2. The number of halogens is 2. The van der Waals surface area contributed by atoms with E-state index in [1.54, 1.807) is 66.8 Å². The SMILES string of the molecule is CCOC1CCC(n2cc(NC(=O)c3csc(-c4cnn(COc5ccc(OP6(=O)C[C@]6(N)C(=O)OC(C)C)cc5)c4)n3)c(-c3nc(F)ccc3F)n2)CC1. The monoisotopic (exact) mass is 796 g/mol. The maximum absolute atomic E-state index is 14.9. The van der Waals surface area contributed by atoms with Crippen molar-refractivity contribution in [3.8, 4) is 33.5 Å². The molecule has 1 unspecified atom stereocenters. The van der Waals surface area contributed by atoms with Gasteiger partial charge < -0.3 is 29.8 Å². The van der Waals surface area contributed by atoms with Crippen molar-refractivity contribution >= 4 is 36.3 Å². The highest BCUT2D eigenvalue weighted by atomic mass is 32.1. The molecule has 3 N–H and O–H groups in total. The van der Waals surface area contributed by atoms with E-state index in [4.69, 9.17) is 24.5 Å². The first-order chi connectivity index (χ1) is 26.3. The van der Waals surface area contributed by atoms with Gasteiger partial charge in [-0.15, -0.1) is 11.3 Å². The average molecular weight is 797 g/mol. The Bertz CT molecular complexity index is 2240. The second-order valence-electron chi connectivity index (χ2n) is 13.5. The summed E-state index contributed by atoms with van der Waals surface area (Å²) in [5.74, 6) is -2.22. The third-order valence-corrected chi connectivity index (χ3v) is 12.6. The molecule has 1 amide bonds. The zero-order chi connectivity index (χ0) is 38.9. The Morgan fingerprint density at radius 1 is 1.05 bits per heavy atom. The summed E-state index contributed by atoms with van der Waals surface area (Å²) in [6.07, 6.45) is 7.77. The lowest BCUT2D eigenvalue weighted by Crippen LogP contribution is -2.37. The van der Waals surface area contributed by atoms with Crippen molar-refractivity contribution in [1.82, 2.24) is 29.5 Å². The van der Waals surface area contributed by atoms with Crippen molar-refractivity contribution in [2.24, 2.45) is 5.73 Å². The third kappa shape index (κ3) is 8.32. The molecule has 1 aromatic carbocycles. The van der Waals surface area contributed by atoms with E-state index < -0.39 is 42.4 Å². The first kappa shape index (κ1) is 38.3. The molecular weight excluding hydrogens is 757 g/mol. The van der Waals surface area contributed by atoms with E-state index in [-0.39, 0.29) is 53.6 Å². The number of hydrogen-bond donors (Lipinski definition) is 2. The van der Waals surface area contributed by atoms with Gasteiger partial charge in [-0.1, -0.05) is 0 Å². The number of benzene rings is 1. The molecular formula is C36H39F2N8O7PS. The number of rotatable bonds is 14. The number of ether oxygens (including phenoxy) is 3. The Hall–Kier alpha value is -5.03. The lowest BCUT2D eigenvalue weighted by Gasteiger charge is -2.28. The number of nitrogens with zero attached hydrogens (tertiary/aromatic N) is 6. The molecule has 2 aliphatic rings. The van der Waals surface area contributed by atoms with Crippen LogP contribution in [0.3, 0.4) is 0 Å². The van der Waals surface area contributed by atoms with Crippen molar-refractivity contribution < 1.29 is 41.7 Å². The Morgan fingerprint density at radius 3 is 2.53 bits per heavy atom. The summed E-state index contributed by atoms with van der Waals surface area (Å²) in [4.78, 5) is 34.0. The van der Waals surface area contributed by atoms with Gasteiger partial charge in [-0.05, 0) is 82.9 Å². The molecule has 0 spiro atoms. The number of amides is 1. The van der Waals surface area contributed by atoms with Gasteiger partial charge in [0.15, 0.2) is 12.5 Å². The normalized spacial score (nSPS) is 22.0. The smallest absolute Gasteiger partial charge is 0.338 e. The molecule has 1 saturated carbocycles. The number of thiazole rings is 1.